The van der Waals surface area contributed by atoms with E-state index in [1.807, 2.05) is 62.9 Å². The van der Waals surface area contributed by atoms with E-state index in [1.165, 1.54) is 12.4 Å². The van der Waals surface area contributed by atoms with E-state index in [9.17, 15) is 0 Å². The highest BCUT2D eigenvalue weighted by atomic mass is 16.5. The predicted octanol–water partition coefficient (Wildman–Crippen LogP) is 2.92. The number of allylic oxidation sites excluding steroid dienone is 1. The summed E-state index contributed by atoms with van der Waals surface area (Å²) in [7, 11) is 0. The smallest absolute Gasteiger partial charge is 0.207 e. The van der Waals surface area contributed by atoms with Crippen LogP contribution in [-0.2, 0) is 6.54 Å². The molecular formula is C20H26N6O. The van der Waals surface area contributed by atoms with Gasteiger partial charge in [0.2, 0.25) is 6.19 Å². The van der Waals surface area contributed by atoms with Crippen molar-refractivity contribution < 1.29 is 4.74 Å². The minimum Gasteiger partial charge on any atom is -0.450 e. The Kier molecular flexibility index (Phi) is 9.65. The summed E-state index contributed by atoms with van der Waals surface area (Å²) < 4.78 is 7.57. The Balaban J connectivity index is 0.00000176. The highest BCUT2D eigenvalue weighted by molar-refractivity contribution is 5.76. The zero-order valence-corrected chi connectivity index (χ0v) is 16.3. The molecule has 0 atom stereocenters. The summed E-state index contributed by atoms with van der Waals surface area (Å²) in [6.45, 7) is 8.97. The Morgan fingerprint density at radius 1 is 1.37 bits per heavy atom. The second-order valence-electron chi connectivity index (χ2n) is 5.14. The average Bonchev–Trinajstić information content (AvgIpc) is 2.70. The lowest BCUT2D eigenvalue weighted by Crippen LogP contribution is -2.23. The summed E-state index contributed by atoms with van der Waals surface area (Å²) in [5, 5.41) is 9.04. The number of aryl methyl sites for hydroxylation is 1. The molecule has 0 aliphatic carbocycles. The van der Waals surface area contributed by atoms with E-state index in [1.54, 1.807) is 12.3 Å². The second-order valence-corrected chi connectivity index (χ2v) is 5.14. The van der Waals surface area contributed by atoms with E-state index in [-0.39, 0.29) is 0 Å². The molecule has 7 nitrogen and oxygen atoms in total. The summed E-state index contributed by atoms with van der Waals surface area (Å²) in [4.78, 5) is 12.3. The molecule has 0 saturated carbocycles. The third kappa shape index (κ3) is 6.78. The average molecular weight is 366 g/mol. The Bertz CT molecular complexity index is 873. The summed E-state index contributed by atoms with van der Waals surface area (Å²) in [6, 6.07) is 7.47. The number of nitrogens with two attached hydrogens (primary N) is 1. The molecule has 0 unspecified atom stereocenters. The molecule has 0 aliphatic heterocycles. The third-order valence-corrected chi connectivity index (χ3v) is 3.28. The second kappa shape index (κ2) is 12.0. The summed E-state index contributed by atoms with van der Waals surface area (Å²) in [5.74, 6) is 0.800. The van der Waals surface area contributed by atoms with Crippen LogP contribution in [0.3, 0.4) is 0 Å². The molecule has 0 bridgehead atoms. The number of rotatable bonds is 6. The van der Waals surface area contributed by atoms with Gasteiger partial charge in [-0.3, -0.25) is 9.98 Å². The molecule has 0 fully saturated rings. The van der Waals surface area contributed by atoms with Gasteiger partial charge in [0, 0.05) is 30.8 Å². The van der Waals surface area contributed by atoms with Crippen molar-refractivity contribution in [2.75, 3.05) is 6.54 Å². The minimum atomic E-state index is 0.381. The van der Waals surface area contributed by atoms with Gasteiger partial charge >= 0.3 is 0 Å². The first kappa shape index (κ1) is 21.6. The fourth-order valence-electron chi connectivity index (χ4n) is 2.10. The molecular weight excluding hydrogens is 340 g/mol. The highest BCUT2D eigenvalue weighted by Crippen LogP contribution is 2.08. The Morgan fingerprint density at radius 2 is 2.15 bits per heavy atom. The first-order valence-electron chi connectivity index (χ1n) is 8.81. The van der Waals surface area contributed by atoms with E-state index >= 15 is 0 Å². The van der Waals surface area contributed by atoms with E-state index in [0.29, 0.717) is 30.1 Å². The molecule has 2 aromatic rings. The van der Waals surface area contributed by atoms with Gasteiger partial charge in [-0.2, -0.15) is 10.3 Å². The summed E-state index contributed by atoms with van der Waals surface area (Å²) >= 11 is 0. The zero-order valence-electron chi connectivity index (χ0n) is 16.3. The standard InChI is InChI=1S/C18H20N6O.C2H6/c1-3-21-11-16(9-19)25-17-5-4-8-24(18(17)23-13-20)12-15-7-6-14(2)22-10-15;1-2/h4-11H,3,12,19H2,1-2H3;1-2H3/b16-9+,21-11?,23-18?;. The Labute approximate surface area is 160 Å². The number of aliphatic imine (C=N–C) groups is 1. The maximum atomic E-state index is 9.04. The van der Waals surface area contributed by atoms with E-state index < -0.39 is 0 Å². The van der Waals surface area contributed by atoms with Gasteiger partial charge in [-0.05, 0) is 37.6 Å². The van der Waals surface area contributed by atoms with Crippen LogP contribution in [0.25, 0.3) is 0 Å². The molecule has 142 valence electrons. The van der Waals surface area contributed by atoms with Crippen LogP contribution in [0.2, 0.25) is 0 Å². The molecule has 0 amide bonds. The molecule has 2 rings (SSSR count). The molecule has 0 aromatic carbocycles. The van der Waals surface area contributed by atoms with Crippen molar-refractivity contribution in [2.45, 2.75) is 34.2 Å². The number of pyridine rings is 2. The van der Waals surface area contributed by atoms with Gasteiger partial charge in [0.05, 0.1) is 12.8 Å². The minimum absolute atomic E-state index is 0.381. The molecule has 0 radical (unpaired) electrons. The van der Waals surface area contributed by atoms with Crippen molar-refractivity contribution in [3.05, 3.63) is 65.4 Å². The summed E-state index contributed by atoms with van der Waals surface area (Å²) in [6.07, 6.45) is 8.30. The largest absolute Gasteiger partial charge is 0.450 e. The number of aromatic nitrogens is 2. The summed E-state index contributed by atoms with van der Waals surface area (Å²) in [5.41, 5.74) is 7.91. The number of hydrogen-bond donors (Lipinski definition) is 1. The van der Waals surface area contributed by atoms with Gasteiger partial charge in [-0.1, -0.05) is 19.9 Å². The van der Waals surface area contributed by atoms with Crippen LogP contribution >= 0.6 is 0 Å². The van der Waals surface area contributed by atoms with Gasteiger partial charge in [-0.15, -0.1) is 0 Å². The van der Waals surface area contributed by atoms with Crippen LogP contribution in [0.15, 0.2) is 58.6 Å². The van der Waals surface area contributed by atoms with E-state index in [2.05, 4.69) is 15.0 Å². The van der Waals surface area contributed by atoms with Gasteiger partial charge in [0.1, 0.15) is 0 Å². The van der Waals surface area contributed by atoms with Crippen molar-refractivity contribution in [1.29, 1.82) is 5.26 Å². The van der Waals surface area contributed by atoms with E-state index in [4.69, 9.17) is 15.7 Å². The Morgan fingerprint density at radius 3 is 2.74 bits per heavy atom. The fourth-order valence-corrected chi connectivity index (χ4v) is 2.10. The molecule has 2 aromatic heterocycles. The van der Waals surface area contributed by atoms with Crippen LogP contribution in [0.1, 0.15) is 32.0 Å². The van der Waals surface area contributed by atoms with Crippen LogP contribution in [0, 0.1) is 18.4 Å². The van der Waals surface area contributed by atoms with Gasteiger partial charge in [-0.25, -0.2) is 0 Å². The Hall–Kier alpha value is -3.40. The van der Waals surface area contributed by atoms with Crippen molar-refractivity contribution >= 4 is 6.21 Å². The molecule has 7 heteroatoms. The number of nitriles is 1. The molecule has 0 aliphatic rings. The third-order valence-electron chi connectivity index (χ3n) is 3.28. The molecule has 2 heterocycles. The van der Waals surface area contributed by atoms with Crippen LogP contribution in [0.4, 0.5) is 0 Å². The van der Waals surface area contributed by atoms with Gasteiger partial charge in [0.15, 0.2) is 17.0 Å². The first-order valence-corrected chi connectivity index (χ1v) is 8.81. The lowest BCUT2D eigenvalue weighted by atomic mass is 10.2. The van der Waals surface area contributed by atoms with Crippen molar-refractivity contribution in [3.8, 4) is 11.9 Å². The number of nitrogens with zero attached hydrogens (tertiary/aromatic N) is 5. The maximum absolute atomic E-state index is 9.04. The lowest BCUT2D eigenvalue weighted by Gasteiger charge is -2.11. The maximum Gasteiger partial charge on any atom is 0.207 e. The van der Waals surface area contributed by atoms with Crippen molar-refractivity contribution in [3.63, 3.8) is 0 Å². The molecule has 2 N–H and O–H groups in total. The molecule has 0 spiro atoms. The number of hydrogen-bond acceptors (Lipinski definition) is 6. The first-order chi connectivity index (χ1) is 13.2. The van der Waals surface area contributed by atoms with Crippen LogP contribution in [0.5, 0.6) is 5.75 Å². The fraction of sp³-hybridized carbons (Fsp3) is 0.300. The number of ether oxygens (including phenoxy) is 1. The molecule has 27 heavy (non-hydrogen) atoms. The van der Waals surface area contributed by atoms with E-state index in [0.717, 1.165) is 11.3 Å². The topological polar surface area (TPSA) is 102 Å². The highest BCUT2D eigenvalue weighted by Gasteiger charge is 2.06. The predicted molar refractivity (Wildman–Crippen MR) is 107 cm³/mol. The quantitative estimate of drug-likeness (QED) is 0.482. The monoisotopic (exact) mass is 366 g/mol. The van der Waals surface area contributed by atoms with Crippen molar-refractivity contribution in [1.82, 2.24) is 9.55 Å². The lowest BCUT2D eigenvalue weighted by molar-refractivity contribution is 0.439. The molecule has 0 saturated heterocycles. The van der Waals surface area contributed by atoms with Gasteiger partial charge in [0.25, 0.3) is 0 Å². The SMILES string of the molecule is CC.CCN=C/C(=C\N)Oc1cccn(Cc2ccc(C)nc2)c1=NC#N. The van der Waals surface area contributed by atoms with Crippen LogP contribution in [-0.4, -0.2) is 22.3 Å². The zero-order chi connectivity index (χ0) is 20.1. The van der Waals surface area contributed by atoms with Crippen molar-refractivity contribution in [2.24, 2.45) is 15.7 Å². The van der Waals surface area contributed by atoms with Gasteiger partial charge < -0.3 is 15.0 Å². The normalized spacial score (nSPS) is 11.7. The van der Waals surface area contributed by atoms with Crippen LogP contribution < -0.4 is 16.0 Å².